The van der Waals surface area contributed by atoms with E-state index >= 15 is 0 Å². The lowest BCUT2D eigenvalue weighted by Gasteiger charge is -2.09. The molecule has 0 aliphatic carbocycles. The smallest absolute Gasteiger partial charge is 0.335 e. The molecule has 0 bridgehead atoms. The maximum absolute atomic E-state index is 10.8. The molecule has 0 unspecified atom stereocenters. The Kier molecular flexibility index (Phi) is 3.41. The molecule has 0 aliphatic heterocycles. The molecular formula is C13H16N4O2. The van der Waals surface area contributed by atoms with Crippen molar-refractivity contribution >= 4 is 23.0 Å². The van der Waals surface area contributed by atoms with E-state index in [0.717, 1.165) is 17.8 Å². The van der Waals surface area contributed by atoms with Gasteiger partial charge in [-0.05, 0) is 24.6 Å². The normalized spacial score (nSPS) is 10.4. The van der Waals surface area contributed by atoms with Gasteiger partial charge in [-0.25, -0.2) is 4.79 Å². The van der Waals surface area contributed by atoms with Crippen molar-refractivity contribution in [2.75, 3.05) is 11.1 Å². The lowest BCUT2D eigenvalue weighted by atomic mass is 10.1. The van der Waals surface area contributed by atoms with Crippen LogP contribution in [0.2, 0.25) is 0 Å². The van der Waals surface area contributed by atoms with E-state index in [4.69, 9.17) is 10.8 Å². The molecule has 6 heteroatoms. The Balaban J connectivity index is 2.30. The third kappa shape index (κ3) is 2.67. The molecule has 4 N–H and O–H groups in total. The van der Waals surface area contributed by atoms with Crippen LogP contribution in [0.5, 0.6) is 0 Å². The molecule has 2 rings (SSSR count). The van der Waals surface area contributed by atoms with Gasteiger partial charge in [-0.2, -0.15) is 5.10 Å². The second-order valence-electron chi connectivity index (χ2n) is 4.25. The van der Waals surface area contributed by atoms with Crippen LogP contribution < -0.4 is 11.1 Å². The Morgan fingerprint density at radius 2 is 2.21 bits per heavy atom. The number of aromatic carboxylic acids is 1. The third-order valence-electron chi connectivity index (χ3n) is 2.81. The number of aromatic nitrogens is 2. The number of benzene rings is 1. The van der Waals surface area contributed by atoms with Gasteiger partial charge in [0.15, 0.2) is 0 Å². The minimum atomic E-state index is -0.992. The Morgan fingerprint density at radius 1 is 1.47 bits per heavy atom. The number of carboxylic acids is 1. The summed E-state index contributed by atoms with van der Waals surface area (Å²) in [5, 5.41) is 16.4. The van der Waals surface area contributed by atoms with Gasteiger partial charge in [0.05, 0.1) is 28.3 Å². The zero-order valence-corrected chi connectivity index (χ0v) is 10.8. The van der Waals surface area contributed by atoms with Crippen molar-refractivity contribution in [3.63, 3.8) is 0 Å². The topological polar surface area (TPSA) is 93.2 Å². The number of nitrogen functional groups attached to an aromatic ring is 1. The van der Waals surface area contributed by atoms with Gasteiger partial charge in [0.25, 0.3) is 0 Å². The molecular weight excluding hydrogens is 244 g/mol. The molecule has 19 heavy (non-hydrogen) atoms. The molecule has 100 valence electrons. The number of aryl methyl sites for hydroxylation is 2. The minimum Gasteiger partial charge on any atom is -0.478 e. The summed E-state index contributed by atoms with van der Waals surface area (Å²) in [4.78, 5) is 10.8. The molecule has 0 radical (unpaired) electrons. The molecule has 0 amide bonds. The summed E-state index contributed by atoms with van der Waals surface area (Å²) in [5.41, 5.74) is 8.90. The van der Waals surface area contributed by atoms with Crippen LogP contribution in [-0.4, -0.2) is 20.9 Å². The van der Waals surface area contributed by atoms with Gasteiger partial charge in [-0.15, -0.1) is 0 Å². The first kappa shape index (κ1) is 12.9. The van der Waals surface area contributed by atoms with Crippen LogP contribution in [0, 0.1) is 0 Å². The molecule has 0 saturated heterocycles. The number of anilines is 3. The monoisotopic (exact) mass is 260 g/mol. The van der Waals surface area contributed by atoms with Gasteiger partial charge in [-0.1, -0.05) is 6.92 Å². The third-order valence-corrected chi connectivity index (χ3v) is 2.81. The number of nitrogens with one attached hydrogen (secondary N) is 1. The summed E-state index contributed by atoms with van der Waals surface area (Å²) in [5.74, 6) is -0.992. The maximum atomic E-state index is 10.8. The Labute approximate surface area is 110 Å². The maximum Gasteiger partial charge on any atom is 0.335 e. The van der Waals surface area contributed by atoms with Crippen molar-refractivity contribution in [3.8, 4) is 0 Å². The van der Waals surface area contributed by atoms with Crippen LogP contribution in [0.1, 0.15) is 23.0 Å². The van der Waals surface area contributed by atoms with Crippen LogP contribution in [-0.2, 0) is 13.5 Å². The van der Waals surface area contributed by atoms with Gasteiger partial charge in [-0.3, -0.25) is 4.68 Å². The highest BCUT2D eigenvalue weighted by Gasteiger charge is 2.10. The molecule has 0 atom stereocenters. The van der Waals surface area contributed by atoms with E-state index < -0.39 is 5.97 Å². The van der Waals surface area contributed by atoms with Crippen molar-refractivity contribution in [1.29, 1.82) is 0 Å². The number of hydrogen-bond donors (Lipinski definition) is 3. The quantitative estimate of drug-likeness (QED) is 0.731. The van der Waals surface area contributed by atoms with Crippen molar-refractivity contribution in [1.82, 2.24) is 9.78 Å². The Morgan fingerprint density at radius 3 is 2.79 bits per heavy atom. The van der Waals surface area contributed by atoms with Crippen molar-refractivity contribution in [2.45, 2.75) is 13.3 Å². The second-order valence-corrected chi connectivity index (χ2v) is 4.25. The fraction of sp³-hybridized carbons (Fsp3) is 0.231. The van der Waals surface area contributed by atoms with Gasteiger partial charge in [0, 0.05) is 13.2 Å². The van der Waals surface area contributed by atoms with Crippen molar-refractivity contribution < 1.29 is 9.90 Å². The lowest BCUT2D eigenvalue weighted by Crippen LogP contribution is -2.01. The molecule has 6 nitrogen and oxygen atoms in total. The van der Waals surface area contributed by atoms with E-state index in [1.807, 2.05) is 20.2 Å². The Bertz CT molecular complexity index is 619. The van der Waals surface area contributed by atoms with Crippen LogP contribution in [0.4, 0.5) is 17.1 Å². The highest BCUT2D eigenvalue weighted by atomic mass is 16.4. The first-order valence-electron chi connectivity index (χ1n) is 5.93. The number of rotatable bonds is 4. The fourth-order valence-electron chi connectivity index (χ4n) is 1.85. The summed E-state index contributed by atoms with van der Waals surface area (Å²) in [6.45, 7) is 2.02. The van der Waals surface area contributed by atoms with Crippen molar-refractivity contribution in [2.24, 2.45) is 7.05 Å². The predicted octanol–water partition coefficient (Wildman–Crippen LogP) is 2.01. The second kappa shape index (κ2) is 5.01. The van der Waals surface area contributed by atoms with E-state index in [0.29, 0.717) is 11.4 Å². The summed E-state index contributed by atoms with van der Waals surface area (Å²) < 4.78 is 1.73. The number of carboxylic acid groups (broad SMARTS) is 1. The van der Waals surface area contributed by atoms with Gasteiger partial charge in [0.2, 0.25) is 0 Å². The molecule has 1 aromatic heterocycles. The summed E-state index contributed by atoms with van der Waals surface area (Å²) in [6.07, 6.45) is 2.67. The number of hydrogen-bond acceptors (Lipinski definition) is 4. The van der Waals surface area contributed by atoms with Gasteiger partial charge < -0.3 is 16.2 Å². The molecule has 1 heterocycles. The van der Waals surface area contributed by atoms with Crippen LogP contribution >= 0.6 is 0 Å². The molecule has 0 aliphatic rings. The zero-order chi connectivity index (χ0) is 14.0. The molecule has 0 spiro atoms. The predicted molar refractivity (Wildman–Crippen MR) is 73.7 cm³/mol. The average Bonchev–Trinajstić information content (AvgIpc) is 2.71. The molecule has 0 fully saturated rings. The van der Waals surface area contributed by atoms with E-state index in [9.17, 15) is 4.79 Å². The SMILES string of the molecule is CCc1nn(C)cc1Nc1ccc(C(=O)O)cc1N. The van der Waals surface area contributed by atoms with E-state index in [1.54, 1.807) is 10.7 Å². The fourth-order valence-corrected chi connectivity index (χ4v) is 1.85. The summed E-state index contributed by atoms with van der Waals surface area (Å²) in [6, 6.07) is 4.61. The minimum absolute atomic E-state index is 0.171. The van der Waals surface area contributed by atoms with Crippen LogP contribution in [0.15, 0.2) is 24.4 Å². The largest absolute Gasteiger partial charge is 0.478 e. The standard InChI is InChI=1S/C13H16N4O2/c1-3-10-12(7-17(2)16-10)15-11-5-4-8(13(18)19)6-9(11)14/h4-7,15H,3,14H2,1-2H3,(H,18,19). The first-order chi connectivity index (χ1) is 9.01. The van der Waals surface area contributed by atoms with Gasteiger partial charge >= 0.3 is 5.97 Å². The highest BCUT2D eigenvalue weighted by Crippen LogP contribution is 2.26. The summed E-state index contributed by atoms with van der Waals surface area (Å²) in [7, 11) is 1.85. The van der Waals surface area contributed by atoms with Crippen LogP contribution in [0.3, 0.4) is 0 Å². The zero-order valence-electron chi connectivity index (χ0n) is 10.8. The number of carbonyl (C=O) groups is 1. The average molecular weight is 260 g/mol. The molecule has 0 saturated carbocycles. The summed E-state index contributed by atoms with van der Waals surface area (Å²) >= 11 is 0. The van der Waals surface area contributed by atoms with Crippen molar-refractivity contribution in [3.05, 3.63) is 35.7 Å². The number of nitrogens with two attached hydrogens (primary N) is 1. The first-order valence-corrected chi connectivity index (χ1v) is 5.93. The molecule has 1 aromatic carbocycles. The highest BCUT2D eigenvalue weighted by molar-refractivity contribution is 5.90. The number of nitrogens with zero attached hydrogens (tertiary/aromatic N) is 2. The Hall–Kier alpha value is -2.50. The lowest BCUT2D eigenvalue weighted by molar-refractivity contribution is 0.0697. The van der Waals surface area contributed by atoms with E-state index in [1.165, 1.54) is 12.1 Å². The van der Waals surface area contributed by atoms with E-state index in [-0.39, 0.29) is 5.56 Å². The van der Waals surface area contributed by atoms with Gasteiger partial charge in [0.1, 0.15) is 0 Å². The molecule has 2 aromatic rings. The van der Waals surface area contributed by atoms with E-state index in [2.05, 4.69) is 10.4 Å². The van der Waals surface area contributed by atoms with Crippen LogP contribution in [0.25, 0.3) is 0 Å².